The summed E-state index contributed by atoms with van der Waals surface area (Å²) in [5.74, 6) is -2.78. The van der Waals surface area contributed by atoms with Crippen LogP contribution in [0.15, 0.2) is 18.2 Å². The van der Waals surface area contributed by atoms with Gasteiger partial charge < -0.3 is 14.6 Å². The van der Waals surface area contributed by atoms with Crippen LogP contribution in [0, 0.1) is 15.9 Å². The molecule has 1 aromatic carbocycles. The number of esters is 1. The topological polar surface area (TPSA) is 116 Å². The molecule has 8 nitrogen and oxygen atoms in total. The number of carboxylic acid groups (broad SMARTS) is 1. The second-order valence-corrected chi connectivity index (χ2v) is 4.53. The number of ether oxygens (including phenoxy) is 2. The van der Waals surface area contributed by atoms with Crippen molar-refractivity contribution in [1.82, 2.24) is 0 Å². The maximum atomic E-state index is 13.7. The largest absolute Gasteiger partial charge is 0.493 e. The number of nitro groups is 1. The van der Waals surface area contributed by atoms with E-state index < -0.39 is 28.4 Å². The van der Waals surface area contributed by atoms with E-state index >= 15 is 0 Å². The molecule has 0 aliphatic heterocycles. The van der Waals surface area contributed by atoms with Gasteiger partial charge in [0.1, 0.15) is 5.75 Å². The molecule has 0 bridgehead atoms. The van der Waals surface area contributed by atoms with Crippen LogP contribution in [-0.4, -0.2) is 35.2 Å². The predicted octanol–water partition coefficient (Wildman–Crippen LogP) is 2.55. The Bertz CT molecular complexity index is 657. The lowest BCUT2D eigenvalue weighted by molar-refractivity contribution is -0.387. The van der Waals surface area contributed by atoms with Gasteiger partial charge in [-0.15, -0.1) is 0 Å². The number of rotatable bonds is 9. The van der Waals surface area contributed by atoms with Crippen LogP contribution in [-0.2, 0) is 14.3 Å². The van der Waals surface area contributed by atoms with Gasteiger partial charge in [-0.1, -0.05) is 0 Å². The van der Waals surface area contributed by atoms with Crippen LogP contribution >= 0.6 is 0 Å². The number of hydrogen-bond donors (Lipinski definition) is 1. The lowest BCUT2D eigenvalue weighted by Gasteiger charge is -2.09. The van der Waals surface area contributed by atoms with Crippen LogP contribution < -0.4 is 4.74 Å². The monoisotopic (exact) mass is 341 g/mol. The summed E-state index contributed by atoms with van der Waals surface area (Å²) in [6.07, 6.45) is 2.27. The highest BCUT2D eigenvalue weighted by Gasteiger charge is 2.18. The van der Waals surface area contributed by atoms with Crippen LogP contribution in [0.1, 0.15) is 25.3 Å². The zero-order chi connectivity index (χ0) is 18.1. The van der Waals surface area contributed by atoms with E-state index in [-0.39, 0.29) is 37.4 Å². The molecule has 0 heterocycles. The number of benzene rings is 1. The van der Waals surface area contributed by atoms with Crippen molar-refractivity contribution < 1.29 is 33.5 Å². The molecule has 130 valence electrons. The number of halogens is 1. The van der Waals surface area contributed by atoms with E-state index in [4.69, 9.17) is 9.84 Å². The molecule has 9 heteroatoms. The van der Waals surface area contributed by atoms with Crippen molar-refractivity contribution in [3.8, 4) is 5.75 Å². The second kappa shape index (κ2) is 9.23. The van der Waals surface area contributed by atoms with Gasteiger partial charge in [-0.25, -0.2) is 4.79 Å². The zero-order valence-electron chi connectivity index (χ0n) is 12.9. The number of hydrogen-bond acceptors (Lipinski definition) is 6. The van der Waals surface area contributed by atoms with Crippen molar-refractivity contribution in [1.29, 1.82) is 0 Å². The first-order valence-electron chi connectivity index (χ1n) is 7.02. The van der Waals surface area contributed by atoms with Crippen LogP contribution in [0.2, 0.25) is 0 Å². The molecular formula is C15H16FNO7. The summed E-state index contributed by atoms with van der Waals surface area (Å²) < 4.78 is 23.7. The molecule has 1 N–H and O–H groups in total. The van der Waals surface area contributed by atoms with E-state index in [9.17, 15) is 24.1 Å². The van der Waals surface area contributed by atoms with Gasteiger partial charge in [-0.2, -0.15) is 4.39 Å². The summed E-state index contributed by atoms with van der Waals surface area (Å²) in [7, 11) is 0. The normalized spacial score (nSPS) is 10.6. The molecule has 0 saturated carbocycles. The molecule has 1 aromatic rings. The minimum absolute atomic E-state index is 0.0324. The number of nitro benzene ring substituents is 1. The van der Waals surface area contributed by atoms with Crippen molar-refractivity contribution in [3.63, 3.8) is 0 Å². The molecule has 24 heavy (non-hydrogen) atoms. The first kappa shape index (κ1) is 19.1. The van der Waals surface area contributed by atoms with Crippen molar-refractivity contribution in [3.05, 3.63) is 39.7 Å². The summed E-state index contributed by atoms with van der Waals surface area (Å²) >= 11 is 0. The average molecular weight is 341 g/mol. The quantitative estimate of drug-likeness (QED) is 0.241. The van der Waals surface area contributed by atoms with Gasteiger partial charge in [-0.05, 0) is 25.5 Å². The van der Waals surface area contributed by atoms with Crippen LogP contribution in [0.4, 0.5) is 10.1 Å². The molecule has 0 amide bonds. The van der Waals surface area contributed by atoms with E-state index in [1.165, 1.54) is 6.08 Å². The smallest absolute Gasteiger partial charge is 0.330 e. The Balaban J connectivity index is 3.01. The van der Waals surface area contributed by atoms with Crippen molar-refractivity contribution in [2.45, 2.75) is 19.8 Å². The standard InChI is InChI=1S/C15H16FNO7/c1-2-23-15(20)6-5-10-8-11(16)12(17(21)22)9-13(10)24-7-3-4-14(18)19/h5-6,8-9H,2-4,7H2,1H3,(H,18,19)/b6-5+. The van der Waals surface area contributed by atoms with E-state index in [2.05, 4.69) is 4.74 Å². The molecule has 0 aliphatic rings. The SMILES string of the molecule is CCOC(=O)/C=C/c1cc(F)c([N+](=O)[O-])cc1OCCCC(=O)O. The van der Waals surface area contributed by atoms with Crippen molar-refractivity contribution in [2.75, 3.05) is 13.2 Å². The average Bonchev–Trinajstić information content (AvgIpc) is 2.50. The molecule has 0 radical (unpaired) electrons. The summed E-state index contributed by atoms with van der Waals surface area (Å²) in [4.78, 5) is 31.6. The maximum absolute atomic E-state index is 13.7. The highest BCUT2D eigenvalue weighted by molar-refractivity contribution is 5.87. The summed E-state index contributed by atoms with van der Waals surface area (Å²) in [6, 6.07) is 1.75. The minimum Gasteiger partial charge on any atom is -0.493 e. The van der Waals surface area contributed by atoms with Crippen LogP contribution in [0.5, 0.6) is 5.75 Å². The van der Waals surface area contributed by atoms with Gasteiger partial charge in [-0.3, -0.25) is 14.9 Å². The molecule has 0 fully saturated rings. The Labute approximate surface area is 136 Å². The summed E-state index contributed by atoms with van der Waals surface area (Å²) in [5, 5.41) is 19.4. The third kappa shape index (κ3) is 6.03. The first-order valence-corrected chi connectivity index (χ1v) is 7.02. The number of aliphatic carboxylic acids is 1. The van der Waals surface area contributed by atoms with Crippen LogP contribution in [0.25, 0.3) is 6.08 Å². The second-order valence-electron chi connectivity index (χ2n) is 4.53. The fourth-order valence-electron chi connectivity index (χ4n) is 1.71. The third-order valence-corrected chi connectivity index (χ3v) is 2.75. The van der Waals surface area contributed by atoms with Gasteiger partial charge >= 0.3 is 17.6 Å². The fourth-order valence-corrected chi connectivity index (χ4v) is 1.71. The highest BCUT2D eigenvalue weighted by atomic mass is 19.1. The Morgan fingerprint density at radius 3 is 2.71 bits per heavy atom. The number of nitrogens with zero attached hydrogens (tertiary/aromatic N) is 1. The molecular weight excluding hydrogens is 325 g/mol. The molecule has 0 aromatic heterocycles. The molecule has 1 rings (SSSR count). The number of carbonyl (C=O) groups excluding carboxylic acids is 1. The summed E-state index contributed by atoms with van der Waals surface area (Å²) in [5.41, 5.74) is -0.682. The molecule has 0 unspecified atom stereocenters. The fraction of sp³-hybridized carbons (Fsp3) is 0.333. The van der Waals surface area contributed by atoms with E-state index in [1.807, 2.05) is 0 Å². The molecule has 0 aliphatic carbocycles. The number of carboxylic acids is 1. The van der Waals surface area contributed by atoms with Gasteiger partial charge in [0.15, 0.2) is 0 Å². The molecule has 0 spiro atoms. The van der Waals surface area contributed by atoms with Gasteiger partial charge in [0.05, 0.1) is 24.2 Å². The minimum atomic E-state index is -1.08. The maximum Gasteiger partial charge on any atom is 0.330 e. The lowest BCUT2D eigenvalue weighted by Crippen LogP contribution is -2.04. The zero-order valence-corrected chi connectivity index (χ0v) is 12.9. The Morgan fingerprint density at radius 1 is 1.42 bits per heavy atom. The van der Waals surface area contributed by atoms with Crippen LogP contribution in [0.3, 0.4) is 0 Å². The van der Waals surface area contributed by atoms with E-state index in [1.54, 1.807) is 6.92 Å². The lowest BCUT2D eigenvalue weighted by atomic mass is 10.1. The Kier molecular flexibility index (Phi) is 7.34. The molecule has 0 saturated heterocycles. The highest BCUT2D eigenvalue weighted by Crippen LogP contribution is 2.29. The molecule has 0 atom stereocenters. The first-order chi connectivity index (χ1) is 11.3. The van der Waals surface area contributed by atoms with E-state index in [0.717, 1.165) is 18.2 Å². The van der Waals surface area contributed by atoms with Crippen molar-refractivity contribution in [2.24, 2.45) is 0 Å². The van der Waals surface area contributed by atoms with Gasteiger partial charge in [0.25, 0.3) is 0 Å². The van der Waals surface area contributed by atoms with Gasteiger partial charge in [0.2, 0.25) is 5.82 Å². The summed E-state index contributed by atoms with van der Waals surface area (Å²) in [6.45, 7) is 1.75. The van der Waals surface area contributed by atoms with Gasteiger partial charge in [0, 0.05) is 18.1 Å². The predicted molar refractivity (Wildman–Crippen MR) is 81.1 cm³/mol. The van der Waals surface area contributed by atoms with Crippen molar-refractivity contribution >= 4 is 23.7 Å². The number of carbonyl (C=O) groups is 2. The Morgan fingerprint density at radius 2 is 2.12 bits per heavy atom. The third-order valence-electron chi connectivity index (χ3n) is 2.75. The Hall–Kier alpha value is -2.97. The van der Waals surface area contributed by atoms with E-state index in [0.29, 0.717) is 0 Å².